The molecule has 0 spiro atoms. The Kier molecular flexibility index (Phi) is 3.14. The number of carboxylic acids is 1. The third-order valence-corrected chi connectivity index (χ3v) is 5.67. The van der Waals surface area contributed by atoms with Crippen LogP contribution in [0.5, 0.6) is 0 Å². The number of likely N-dealkylation sites (tertiary alicyclic amines) is 1. The summed E-state index contributed by atoms with van der Waals surface area (Å²) in [5.74, 6) is -1.05. The van der Waals surface area contributed by atoms with Gasteiger partial charge in [0.15, 0.2) is 0 Å². The number of hydrogen-bond acceptors (Lipinski definition) is 4. The van der Waals surface area contributed by atoms with E-state index in [4.69, 9.17) is 5.11 Å². The van der Waals surface area contributed by atoms with Gasteiger partial charge in [-0.05, 0) is 55.8 Å². The largest absolute Gasteiger partial charge is 0.478 e. The van der Waals surface area contributed by atoms with E-state index in [-0.39, 0.29) is 10.5 Å². The van der Waals surface area contributed by atoms with Gasteiger partial charge in [-0.1, -0.05) is 0 Å². The van der Waals surface area contributed by atoms with Crippen LogP contribution in [0.25, 0.3) is 6.08 Å². The number of fused-ring (bicyclic) bond motifs is 1. The smallest absolute Gasteiger partial charge is 0.335 e. The van der Waals surface area contributed by atoms with Gasteiger partial charge in [0.1, 0.15) is 0 Å². The third-order valence-electron chi connectivity index (χ3n) is 3.79. The predicted molar refractivity (Wildman–Crippen MR) is 74.2 cm³/mol. The van der Waals surface area contributed by atoms with Gasteiger partial charge in [-0.15, -0.1) is 0 Å². The molecule has 2 aliphatic rings. The van der Waals surface area contributed by atoms with Gasteiger partial charge < -0.3 is 5.11 Å². The number of hydrogen-bond donors (Lipinski definition) is 1. The van der Waals surface area contributed by atoms with Crippen molar-refractivity contribution >= 4 is 21.9 Å². The topological polar surface area (TPSA) is 74.7 Å². The first-order valence-electron chi connectivity index (χ1n) is 6.54. The van der Waals surface area contributed by atoms with Gasteiger partial charge in [-0.3, -0.25) is 4.90 Å². The maximum atomic E-state index is 12.4. The first-order chi connectivity index (χ1) is 9.48. The van der Waals surface area contributed by atoms with E-state index in [1.807, 2.05) is 0 Å². The number of carbonyl (C=O) groups is 1. The van der Waals surface area contributed by atoms with Crippen molar-refractivity contribution in [2.24, 2.45) is 0 Å². The zero-order valence-corrected chi connectivity index (χ0v) is 11.7. The minimum atomic E-state index is -3.45. The highest BCUT2D eigenvalue weighted by Gasteiger charge is 2.31. The summed E-state index contributed by atoms with van der Waals surface area (Å²) in [4.78, 5) is 13.7. The second-order valence-corrected chi connectivity index (χ2v) is 7.13. The Labute approximate surface area is 117 Å². The highest BCUT2D eigenvalue weighted by atomic mass is 32.2. The third kappa shape index (κ3) is 2.14. The van der Waals surface area contributed by atoms with Crippen molar-refractivity contribution in [2.75, 3.05) is 19.6 Å². The van der Waals surface area contributed by atoms with Crippen LogP contribution < -0.4 is 0 Å². The van der Waals surface area contributed by atoms with Crippen molar-refractivity contribution in [1.82, 2.24) is 4.90 Å². The zero-order valence-electron chi connectivity index (χ0n) is 10.9. The van der Waals surface area contributed by atoms with Crippen molar-refractivity contribution in [3.05, 3.63) is 34.2 Å². The van der Waals surface area contributed by atoms with E-state index >= 15 is 0 Å². The first kappa shape index (κ1) is 13.3. The zero-order chi connectivity index (χ0) is 14.3. The summed E-state index contributed by atoms with van der Waals surface area (Å²) in [6.45, 7) is 2.26. The fourth-order valence-electron chi connectivity index (χ4n) is 2.72. The average Bonchev–Trinajstić information content (AvgIpc) is 2.97. The lowest BCUT2D eigenvalue weighted by Gasteiger charge is -2.14. The summed E-state index contributed by atoms with van der Waals surface area (Å²) in [5, 5.41) is 8.96. The maximum absolute atomic E-state index is 12.4. The molecule has 0 saturated carbocycles. The summed E-state index contributed by atoms with van der Waals surface area (Å²) in [7, 11) is -3.45. The molecule has 1 fully saturated rings. The van der Waals surface area contributed by atoms with Crippen molar-refractivity contribution in [1.29, 1.82) is 0 Å². The number of aromatic carboxylic acids is 1. The molecule has 0 aromatic heterocycles. The molecule has 2 aliphatic heterocycles. The molecule has 0 radical (unpaired) electrons. The maximum Gasteiger partial charge on any atom is 0.335 e. The standard InChI is InChI=1S/C14H15NO4S/c16-14(17)10-3-4-13-11(7-10)8-12(20(13,18)19)9-15-5-1-2-6-15/h3-4,7-8H,1-2,5-6,9H2,(H,16,17). The Morgan fingerprint density at radius 2 is 1.95 bits per heavy atom. The number of nitrogens with zero attached hydrogens (tertiary/aromatic N) is 1. The van der Waals surface area contributed by atoms with E-state index in [1.54, 1.807) is 6.08 Å². The lowest BCUT2D eigenvalue weighted by atomic mass is 10.1. The Hall–Kier alpha value is -1.66. The van der Waals surface area contributed by atoms with E-state index < -0.39 is 15.8 Å². The Bertz CT molecular complexity index is 700. The lowest BCUT2D eigenvalue weighted by molar-refractivity contribution is 0.0696. The molecule has 0 bridgehead atoms. The molecular formula is C14H15NO4S. The molecule has 1 aromatic rings. The van der Waals surface area contributed by atoms with Crippen LogP contribution in [0.4, 0.5) is 0 Å². The van der Waals surface area contributed by atoms with E-state index in [1.165, 1.54) is 18.2 Å². The van der Waals surface area contributed by atoms with Gasteiger partial charge in [-0.2, -0.15) is 0 Å². The SMILES string of the molecule is O=C(O)c1ccc2c(c1)C=C(CN1CCCC1)S2(=O)=O. The van der Waals surface area contributed by atoms with Crippen LogP contribution in [0.3, 0.4) is 0 Å². The number of rotatable bonds is 3. The molecule has 0 amide bonds. The highest BCUT2D eigenvalue weighted by molar-refractivity contribution is 7.95. The summed E-state index contributed by atoms with van der Waals surface area (Å²) in [6.07, 6.45) is 3.81. The Morgan fingerprint density at radius 1 is 1.25 bits per heavy atom. The van der Waals surface area contributed by atoms with Crippen molar-refractivity contribution in [3.8, 4) is 0 Å². The molecule has 0 aliphatic carbocycles. The average molecular weight is 293 g/mol. The molecule has 0 unspecified atom stereocenters. The van der Waals surface area contributed by atoms with Gasteiger partial charge in [0.05, 0.1) is 15.4 Å². The molecule has 3 rings (SSSR count). The summed E-state index contributed by atoms with van der Waals surface area (Å²) in [5.41, 5.74) is 0.594. The minimum Gasteiger partial charge on any atom is -0.478 e. The molecule has 5 nitrogen and oxygen atoms in total. The van der Waals surface area contributed by atoms with Crippen LogP contribution in [0.2, 0.25) is 0 Å². The molecule has 0 atom stereocenters. The van der Waals surface area contributed by atoms with Crippen LogP contribution in [0.15, 0.2) is 28.0 Å². The predicted octanol–water partition coefficient (Wildman–Crippen LogP) is 1.61. The Morgan fingerprint density at radius 3 is 2.60 bits per heavy atom. The summed E-state index contributed by atoms with van der Waals surface area (Å²) in [6, 6.07) is 4.15. The molecular weight excluding hydrogens is 278 g/mol. The van der Waals surface area contributed by atoms with Crippen LogP contribution >= 0.6 is 0 Å². The molecule has 6 heteroatoms. The second-order valence-electron chi connectivity index (χ2n) is 5.16. The van der Waals surface area contributed by atoms with Crippen molar-refractivity contribution in [3.63, 3.8) is 0 Å². The molecule has 106 valence electrons. The van der Waals surface area contributed by atoms with Gasteiger partial charge >= 0.3 is 5.97 Å². The second kappa shape index (κ2) is 4.71. The van der Waals surface area contributed by atoms with Crippen LogP contribution in [-0.2, 0) is 9.84 Å². The molecule has 1 N–H and O–H groups in total. The Balaban J connectivity index is 1.96. The summed E-state index contributed by atoms with van der Waals surface area (Å²) >= 11 is 0. The normalized spacial score (nSPS) is 20.7. The van der Waals surface area contributed by atoms with Crippen LogP contribution in [-0.4, -0.2) is 44.0 Å². The van der Waals surface area contributed by atoms with Gasteiger partial charge in [0.2, 0.25) is 9.84 Å². The fourth-order valence-corrected chi connectivity index (χ4v) is 4.32. The van der Waals surface area contributed by atoms with Crippen molar-refractivity contribution in [2.45, 2.75) is 17.7 Å². The van der Waals surface area contributed by atoms with Gasteiger partial charge in [-0.25, -0.2) is 13.2 Å². The number of sulfone groups is 1. The fraction of sp³-hybridized carbons (Fsp3) is 0.357. The number of carboxylic acid groups (broad SMARTS) is 1. The first-order valence-corrected chi connectivity index (χ1v) is 8.02. The van der Waals surface area contributed by atoms with Crippen molar-refractivity contribution < 1.29 is 18.3 Å². The van der Waals surface area contributed by atoms with E-state index in [9.17, 15) is 13.2 Å². The highest BCUT2D eigenvalue weighted by Crippen LogP contribution is 2.34. The van der Waals surface area contributed by atoms with E-state index in [0.717, 1.165) is 25.9 Å². The quantitative estimate of drug-likeness (QED) is 0.916. The van der Waals surface area contributed by atoms with E-state index in [2.05, 4.69) is 4.90 Å². The van der Waals surface area contributed by atoms with Gasteiger partial charge in [0.25, 0.3) is 0 Å². The molecule has 1 aromatic carbocycles. The lowest BCUT2D eigenvalue weighted by Crippen LogP contribution is -2.23. The van der Waals surface area contributed by atoms with E-state index in [0.29, 0.717) is 17.0 Å². The molecule has 20 heavy (non-hydrogen) atoms. The monoisotopic (exact) mass is 293 g/mol. The molecule has 1 saturated heterocycles. The van der Waals surface area contributed by atoms with Crippen LogP contribution in [0.1, 0.15) is 28.8 Å². The van der Waals surface area contributed by atoms with Crippen LogP contribution in [0, 0.1) is 0 Å². The van der Waals surface area contributed by atoms with Gasteiger partial charge in [0, 0.05) is 6.54 Å². The summed E-state index contributed by atoms with van der Waals surface area (Å²) < 4.78 is 24.8. The number of benzene rings is 1. The molecule has 2 heterocycles. The minimum absolute atomic E-state index is 0.109.